The van der Waals surface area contributed by atoms with Gasteiger partial charge in [0.1, 0.15) is 12.4 Å². The number of rotatable bonds is 7. The van der Waals surface area contributed by atoms with Crippen LogP contribution in [0.4, 0.5) is 0 Å². The molecule has 1 saturated heterocycles. The summed E-state index contributed by atoms with van der Waals surface area (Å²) in [7, 11) is 0. The van der Waals surface area contributed by atoms with E-state index in [1.165, 1.54) is 11.3 Å². The smallest absolute Gasteiger partial charge is 0.261 e. The van der Waals surface area contributed by atoms with Crippen molar-refractivity contribution in [3.63, 3.8) is 0 Å². The molecule has 1 amide bonds. The zero-order chi connectivity index (χ0) is 16.8. The number of hydrogen-bond acceptors (Lipinski definition) is 5. The van der Waals surface area contributed by atoms with Gasteiger partial charge in [-0.25, -0.2) is 0 Å². The van der Waals surface area contributed by atoms with Gasteiger partial charge in [-0.3, -0.25) is 9.69 Å². The van der Waals surface area contributed by atoms with E-state index in [0.717, 1.165) is 30.1 Å². The van der Waals surface area contributed by atoms with Crippen LogP contribution < -0.4 is 10.1 Å². The topological polar surface area (TPSA) is 61.8 Å². The van der Waals surface area contributed by atoms with Crippen molar-refractivity contribution in [2.75, 3.05) is 26.2 Å². The van der Waals surface area contributed by atoms with Gasteiger partial charge in [-0.15, -0.1) is 11.3 Å². The largest absolute Gasteiger partial charge is 0.488 e. The van der Waals surface area contributed by atoms with Gasteiger partial charge in [0.25, 0.3) is 5.91 Å². The first-order chi connectivity index (χ1) is 11.7. The molecule has 0 bridgehead atoms. The summed E-state index contributed by atoms with van der Waals surface area (Å²) in [5.41, 5.74) is 0. The minimum absolute atomic E-state index is 0.0503. The first-order valence-corrected chi connectivity index (χ1v) is 8.97. The van der Waals surface area contributed by atoms with E-state index in [1.807, 2.05) is 42.5 Å². The fourth-order valence-electron chi connectivity index (χ4n) is 2.68. The van der Waals surface area contributed by atoms with Crippen molar-refractivity contribution < 1.29 is 14.6 Å². The van der Waals surface area contributed by atoms with E-state index in [1.54, 1.807) is 0 Å². The van der Waals surface area contributed by atoms with Crippen molar-refractivity contribution in [3.8, 4) is 5.75 Å². The molecular weight excluding hydrogens is 324 g/mol. The molecule has 0 aliphatic carbocycles. The van der Waals surface area contributed by atoms with Crippen molar-refractivity contribution in [2.45, 2.75) is 19.1 Å². The Morgan fingerprint density at radius 2 is 2.12 bits per heavy atom. The van der Waals surface area contributed by atoms with Gasteiger partial charge in [0.2, 0.25) is 0 Å². The maximum absolute atomic E-state index is 12.2. The Morgan fingerprint density at radius 1 is 1.29 bits per heavy atom. The summed E-state index contributed by atoms with van der Waals surface area (Å²) in [5, 5.41) is 12.4. The van der Waals surface area contributed by atoms with Crippen LogP contribution in [0.2, 0.25) is 0 Å². The Morgan fingerprint density at radius 3 is 2.88 bits per heavy atom. The number of benzene rings is 1. The first-order valence-electron chi connectivity index (χ1n) is 8.16. The van der Waals surface area contributed by atoms with Crippen LogP contribution >= 0.6 is 11.3 Å². The number of β-amino-alcohol motifs (C(OH)–C–C–N with tert-alkyl or cyclic N) is 1. The molecule has 5 nitrogen and oxygen atoms in total. The van der Waals surface area contributed by atoms with Gasteiger partial charge < -0.3 is 15.2 Å². The van der Waals surface area contributed by atoms with Crippen LogP contribution in [0, 0.1) is 0 Å². The minimum atomic E-state index is -0.217. The Labute approximate surface area is 145 Å². The summed E-state index contributed by atoms with van der Waals surface area (Å²) in [6.45, 7) is 3.44. The zero-order valence-electron chi connectivity index (χ0n) is 13.5. The molecule has 1 atom stereocenters. The van der Waals surface area contributed by atoms with E-state index in [0.29, 0.717) is 24.6 Å². The molecule has 2 N–H and O–H groups in total. The van der Waals surface area contributed by atoms with Crippen LogP contribution in [0.5, 0.6) is 5.75 Å². The lowest BCUT2D eigenvalue weighted by Gasteiger charge is -2.14. The molecule has 1 aromatic carbocycles. The number of aliphatic hydroxyl groups excluding tert-OH is 1. The van der Waals surface area contributed by atoms with Crippen LogP contribution in [0.15, 0.2) is 42.5 Å². The SMILES string of the molecule is O=C(NCCN1CC[C@H](O)C1)c1ccc(COc2ccccc2)s1. The normalized spacial score (nSPS) is 17.8. The Kier molecular flexibility index (Phi) is 5.85. The van der Waals surface area contributed by atoms with Crippen LogP contribution in [0.3, 0.4) is 0 Å². The number of carbonyl (C=O) groups excluding carboxylic acids is 1. The third-order valence-electron chi connectivity index (χ3n) is 3.97. The zero-order valence-corrected chi connectivity index (χ0v) is 14.3. The molecule has 3 rings (SSSR count). The number of aliphatic hydroxyl groups is 1. The second-order valence-corrected chi connectivity index (χ2v) is 7.04. The monoisotopic (exact) mass is 346 g/mol. The number of thiophene rings is 1. The average molecular weight is 346 g/mol. The summed E-state index contributed by atoms with van der Waals surface area (Å²) in [4.78, 5) is 16.0. The second-order valence-electron chi connectivity index (χ2n) is 5.87. The Balaban J connectivity index is 1.42. The van der Waals surface area contributed by atoms with E-state index < -0.39 is 0 Å². The number of likely N-dealkylation sites (tertiary alicyclic amines) is 1. The summed E-state index contributed by atoms with van der Waals surface area (Å²) >= 11 is 1.45. The molecule has 0 unspecified atom stereocenters. The fraction of sp³-hybridized carbons (Fsp3) is 0.389. The highest BCUT2D eigenvalue weighted by Crippen LogP contribution is 2.19. The lowest BCUT2D eigenvalue weighted by atomic mass is 10.3. The van der Waals surface area contributed by atoms with Crippen LogP contribution in [0.1, 0.15) is 21.0 Å². The van der Waals surface area contributed by atoms with Gasteiger partial charge >= 0.3 is 0 Å². The standard InChI is InChI=1S/C18H22N2O3S/c21-14-8-10-20(12-14)11-9-19-18(22)17-7-6-16(24-17)13-23-15-4-2-1-3-5-15/h1-7,14,21H,8-13H2,(H,19,22)/t14-/m0/s1. The van der Waals surface area contributed by atoms with Gasteiger partial charge in [0.05, 0.1) is 11.0 Å². The van der Waals surface area contributed by atoms with Crippen molar-refractivity contribution in [1.29, 1.82) is 0 Å². The highest BCUT2D eigenvalue weighted by molar-refractivity contribution is 7.14. The third kappa shape index (κ3) is 4.80. The lowest BCUT2D eigenvalue weighted by molar-refractivity contribution is 0.0953. The maximum atomic E-state index is 12.2. The quantitative estimate of drug-likeness (QED) is 0.806. The molecular formula is C18H22N2O3S. The molecule has 1 aliphatic rings. The molecule has 1 fully saturated rings. The fourth-order valence-corrected chi connectivity index (χ4v) is 3.52. The number of nitrogens with zero attached hydrogens (tertiary/aromatic N) is 1. The van der Waals surface area contributed by atoms with Gasteiger partial charge in [0, 0.05) is 31.1 Å². The summed E-state index contributed by atoms with van der Waals surface area (Å²) in [6.07, 6.45) is 0.606. The molecule has 2 aromatic rings. The molecule has 0 radical (unpaired) electrons. The number of carbonyl (C=O) groups is 1. The number of para-hydroxylation sites is 1. The molecule has 128 valence electrons. The van der Waals surface area contributed by atoms with Gasteiger partial charge in [-0.2, -0.15) is 0 Å². The van der Waals surface area contributed by atoms with Crippen molar-refractivity contribution in [3.05, 3.63) is 52.2 Å². The summed E-state index contributed by atoms with van der Waals surface area (Å²) in [6, 6.07) is 13.4. The molecule has 0 spiro atoms. The number of amides is 1. The van der Waals surface area contributed by atoms with Crippen molar-refractivity contribution in [2.24, 2.45) is 0 Å². The first kappa shape index (κ1) is 17.0. The molecule has 2 heterocycles. The molecule has 6 heteroatoms. The third-order valence-corrected chi connectivity index (χ3v) is 5.03. The van der Waals surface area contributed by atoms with Gasteiger partial charge in [0.15, 0.2) is 0 Å². The van der Waals surface area contributed by atoms with Gasteiger partial charge in [-0.05, 0) is 30.7 Å². The van der Waals surface area contributed by atoms with E-state index in [2.05, 4.69) is 10.2 Å². The summed E-state index contributed by atoms with van der Waals surface area (Å²) in [5.74, 6) is 0.774. The molecule has 1 aromatic heterocycles. The number of hydrogen-bond donors (Lipinski definition) is 2. The lowest BCUT2D eigenvalue weighted by Crippen LogP contribution is -2.33. The van der Waals surface area contributed by atoms with E-state index in [-0.39, 0.29) is 12.0 Å². The highest BCUT2D eigenvalue weighted by Gasteiger charge is 2.19. The second kappa shape index (κ2) is 8.28. The average Bonchev–Trinajstić information content (AvgIpc) is 3.23. The predicted octanol–water partition coefficient (Wildman–Crippen LogP) is 2.12. The van der Waals surface area contributed by atoms with E-state index >= 15 is 0 Å². The van der Waals surface area contributed by atoms with Crippen LogP contribution in [-0.2, 0) is 6.61 Å². The summed E-state index contributed by atoms with van der Waals surface area (Å²) < 4.78 is 5.69. The van der Waals surface area contributed by atoms with Crippen molar-refractivity contribution >= 4 is 17.2 Å². The predicted molar refractivity (Wildman–Crippen MR) is 94.5 cm³/mol. The minimum Gasteiger partial charge on any atom is -0.488 e. The van der Waals surface area contributed by atoms with Crippen molar-refractivity contribution in [1.82, 2.24) is 10.2 Å². The molecule has 1 aliphatic heterocycles. The highest BCUT2D eigenvalue weighted by atomic mass is 32.1. The number of ether oxygens (including phenoxy) is 1. The van der Waals surface area contributed by atoms with Gasteiger partial charge in [-0.1, -0.05) is 18.2 Å². The van der Waals surface area contributed by atoms with E-state index in [4.69, 9.17) is 4.74 Å². The number of nitrogens with one attached hydrogen (secondary N) is 1. The van der Waals surface area contributed by atoms with E-state index in [9.17, 15) is 9.90 Å². The van der Waals surface area contributed by atoms with Crippen LogP contribution in [-0.4, -0.2) is 48.2 Å². The van der Waals surface area contributed by atoms with Crippen LogP contribution in [0.25, 0.3) is 0 Å². The Bertz CT molecular complexity index is 659. The molecule has 24 heavy (non-hydrogen) atoms. The maximum Gasteiger partial charge on any atom is 0.261 e. The Hall–Kier alpha value is -1.89. The molecule has 0 saturated carbocycles.